The molecular weight excluding hydrogens is 327 g/mol. The second-order valence-corrected chi connectivity index (χ2v) is 9.13. The van der Waals surface area contributed by atoms with E-state index in [1.807, 2.05) is 72.7 Å². The number of carbonyl (C=O) groups is 1. The number of urea groups is 1. The van der Waals surface area contributed by atoms with Gasteiger partial charge in [-0.25, -0.2) is 4.79 Å². The maximum atomic E-state index is 12.9. The molecule has 0 saturated carbocycles. The summed E-state index contributed by atoms with van der Waals surface area (Å²) < 4.78 is 12.4. The molecule has 26 heavy (non-hydrogen) atoms. The number of hydrogen-bond donors (Lipinski definition) is 1. The molecule has 0 radical (unpaired) electrons. The van der Waals surface area contributed by atoms with E-state index in [1.54, 1.807) is 4.90 Å². The lowest BCUT2D eigenvalue weighted by atomic mass is 9.75. The number of benzene rings is 1. The first-order valence-electron chi connectivity index (χ1n) is 9.14. The minimum atomic E-state index is -0.460. The van der Waals surface area contributed by atoms with E-state index in [2.05, 4.69) is 11.4 Å². The topological polar surface area (TPSA) is 50.8 Å². The third-order valence-electron chi connectivity index (χ3n) is 5.19. The van der Waals surface area contributed by atoms with Crippen LogP contribution in [0.4, 0.5) is 10.5 Å². The molecule has 0 aliphatic carbocycles. The van der Waals surface area contributed by atoms with Crippen molar-refractivity contribution in [3.05, 3.63) is 35.3 Å². The quantitative estimate of drug-likeness (QED) is 0.773. The van der Waals surface area contributed by atoms with Gasteiger partial charge in [-0.3, -0.25) is 4.90 Å². The van der Waals surface area contributed by atoms with Crippen LogP contribution < -0.4 is 10.2 Å². The summed E-state index contributed by atoms with van der Waals surface area (Å²) in [5.41, 5.74) is 1.72. The number of nitrogens with zero attached hydrogens (tertiary/aromatic N) is 1. The Morgan fingerprint density at radius 2 is 1.69 bits per heavy atom. The van der Waals surface area contributed by atoms with Crippen molar-refractivity contribution < 1.29 is 14.1 Å². The van der Waals surface area contributed by atoms with Crippen molar-refractivity contribution in [1.82, 2.24) is 5.32 Å². The highest BCUT2D eigenvalue weighted by atomic mass is 16.7. The standard InChI is InChI=1S/C20H29BN2O3/c1-18(2,3)22-17(24)23-13-15(12-14-10-8-9-11-16(14)23)21-25-19(4,5)20(6,7)26-21/h8-12H,13H2,1-7H3,(H,22,24). The van der Waals surface area contributed by atoms with Gasteiger partial charge in [0.15, 0.2) is 0 Å². The Morgan fingerprint density at radius 3 is 2.27 bits per heavy atom. The number of para-hydroxylation sites is 1. The normalized spacial score (nSPS) is 21.3. The number of nitrogens with one attached hydrogen (secondary N) is 1. The molecule has 2 amide bonds. The van der Waals surface area contributed by atoms with Gasteiger partial charge in [0.25, 0.3) is 0 Å². The van der Waals surface area contributed by atoms with Crippen LogP contribution in [0, 0.1) is 0 Å². The molecule has 1 aromatic rings. The summed E-state index contributed by atoms with van der Waals surface area (Å²) in [5.74, 6) is 0. The highest BCUT2D eigenvalue weighted by Gasteiger charge is 2.53. The number of carbonyl (C=O) groups excluding carboxylic acids is 1. The zero-order chi connectivity index (χ0) is 19.3. The number of fused-ring (bicyclic) bond motifs is 1. The van der Waals surface area contributed by atoms with Crippen LogP contribution in [0.15, 0.2) is 29.7 Å². The second kappa shape index (κ2) is 6.13. The van der Waals surface area contributed by atoms with Crippen LogP contribution in [-0.2, 0) is 9.31 Å². The van der Waals surface area contributed by atoms with Crippen LogP contribution in [-0.4, -0.2) is 36.4 Å². The molecule has 0 atom stereocenters. The van der Waals surface area contributed by atoms with Crippen LogP contribution in [0.5, 0.6) is 0 Å². The lowest BCUT2D eigenvalue weighted by Crippen LogP contribution is -2.51. The molecule has 1 fully saturated rings. The molecule has 2 aliphatic rings. The van der Waals surface area contributed by atoms with Crippen LogP contribution in [0.2, 0.25) is 0 Å². The Balaban J connectivity index is 1.93. The van der Waals surface area contributed by atoms with E-state index in [-0.39, 0.29) is 11.6 Å². The van der Waals surface area contributed by atoms with Gasteiger partial charge in [0.05, 0.1) is 16.9 Å². The Labute approximate surface area is 156 Å². The summed E-state index contributed by atoms with van der Waals surface area (Å²) in [4.78, 5) is 14.7. The number of hydrogen-bond acceptors (Lipinski definition) is 3. The van der Waals surface area contributed by atoms with E-state index in [0.29, 0.717) is 6.54 Å². The molecule has 6 heteroatoms. The molecule has 0 unspecified atom stereocenters. The SMILES string of the molecule is CC(C)(C)NC(=O)N1CC(B2OC(C)(C)C(C)(C)O2)=Cc2ccccc21. The average Bonchev–Trinajstić information content (AvgIpc) is 2.72. The molecule has 0 bridgehead atoms. The fourth-order valence-corrected chi connectivity index (χ4v) is 3.08. The highest BCUT2D eigenvalue weighted by Crippen LogP contribution is 2.40. The first-order valence-corrected chi connectivity index (χ1v) is 9.14. The summed E-state index contributed by atoms with van der Waals surface area (Å²) in [6.07, 6.45) is 2.08. The molecule has 1 saturated heterocycles. The lowest BCUT2D eigenvalue weighted by Gasteiger charge is -2.33. The predicted octanol–water partition coefficient (Wildman–Crippen LogP) is 4.03. The molecule has 140 valence electrons. The molecule has 2 aliphatic heterocycles. The smallest absolute Gasteiger partial charge is 0.400 e. The summed E-state index contributed by atoms with van der Waals surface area (Å²) in [5, 5.41) is 3.05. The largest absolute Gasteiger partial charge is 0.492 e. The van der Waals surface area contributed by atoms with Crippen molar-refractivity contribution in [3.8, 4) is 0 Å². The van der Waals surface area contributed by atoms with E-state index in [4.69, 9.17) is 9.31 Å². The van der Waals surface area contributed by atoms with Crippen molar-refractivity contribution in [2.24, 2.45) is 0 Å². The number of rotatable bonds is 1. The van der Waals surface area contributed by atoms with Gasteiger partial charge in [-0.05, 0) is 65.6 Å². The van der Waals surface area contributed by atoms with Gasteiger partial charge in [-0.15, -0.1) is 0 Å². The zero-order valence-corrected chi connectivity index (χ0v) is 16.8. The maximum Gasteiger partial charge on any atom is 0.492 e. The molecule has 0 spiro atoms. The first kappa shape index (κ1) is 19.0. The van der Waals surface area contributed by atoms with Gasteiger partial charge >= 0.3 is 13.1 Å². The Morgan fingerprint density at radius 1 is 1.12 bits per heavy atom. The minimum absolute atomic E-state index is 0.118. The summed E-state index contributed by atoms with van der Waals surface area (Å²) in [6.45, 7) is 14.5. The zero-order valence-electron chi connectivity index (χ0n) is 16.8. The van der Waals surface area contributed by atoms with Crippen molar-refractivity contribution in [3.63, 3.8) is 0 Å². The summed E-state index contributed by atoms with van der Waals surface area (Å²) >= 11 is 0. The predicted molar refractivity (Wildman–Crippen MR) is 106 cm³/mol. The lowest BCUT2D eigenvalue weighted by molar-refractivity contribution is 0.00578. The second-order valence-electron chi connectivity index (χ2n) is 9.13. The van der Waals surface area contributed by atoms with Gasteiger partial charge in [0.1, 0.15) is 0 Å². The Bertz CT molecular complexity index is 734. The maximum absolute atomic E-state index is 12.9. The summed E-state index contributed by atoms with van der Waals surface area (Å²) in [6, 6.07) is 7.78. The van der Waals surface area contributed by atoms with E-state index < -0.39 is 18.3 Å². The van der Waals surface area contributed by atoms with Crippen molar-refractivity contribution >= 4 is 24.9 Å². The molecule has 0 aromatic heterocycles. The van der Waals surface area contributed by atoms with Crippen molar-refractivity contribution in [1.29, 1.82) is 0 Å². The van der Waals surface area contributed by atoms with Crippen molar-refractivity contribution in [2.45, 2.75) is 65.2 Å². The Hall–Kier alpha value is -1.79. The monoisotopic (exact) mass is 356 g/mol. The van der Waals surface area contributed by atoms with Gasteiger partial charge < -0.3 is 14.6 Å². The van der Waals surface area contributed by atoms with Gasteiger partial charge in [-0.1, -0.05) is 24.3 Å². The van der Waals surface area contributed by atoms with E-state index in [1.165, 1.54) is 0 Å². The molecule has 5 nitrogen and oxygen atoms in total. The molecule has 3 rings (SSSR count). The van der Waals surface area contributed by atoms with Crippen molar-refractivity contribution in [2.75, 3.05) is 11.4 Å². The van der Waals surface area contributed by atoms with E-state index in [9.17, 15) is 4.79 Å². The van der Waals surface area contributed by atoms with Crippen LogP contribution in [0.3, 0.4) is 0 Å². The Kier molecular flexibility index (Phi) is 4.48. The number of amides is 2. The van der Waals surface area contributed by atoms with Gasteiger partial charge in [0, 0.05) is 12.1 Å². The van der Waals surface area contributed by atoms with E-state index >= 15 is 0 Å². The van der Waals surface area contributed by atoms with Crippen LogP contribution in [0.25, 0.3) is 6.08 Å². The highest BCUT2D eigenvalue weighted by molar-refractivity contribution is 6.56. The third kappa shape index (κ3) is 3.53. The van der Waals surface area contributed by atoms with Gasteiger partial charge in [0.2, 0.25) is 0 Å². The van der Waals surface area contributed by atoms with E-state index in [0.717, 1.165) is 16.7 Å². The third-order valence-corrected chi connectivity index (χ3v) is 5.19. The first-order chi connectivity index (χ1) is 11.9. The molecule has 1 N–H and O–H groups in total. The fourth-order valence-electron chi connectivity index (χ4n) is 3.08. The van der Waals surface area contributed by atoms with Gasteiger partial charge in [-0.2, -0.15) is 0 Å². The van der Waals surface area contributed by atoms with Crippen LogP contribution in [0.1, 0.15) is 54.0 Å². The molecule has 2 heterocycles. The average molecular weight is 356 g/mol. The number of anilines is 1. The van der Waals surface area contributed by atoms with Crippen LogP contribution >= 0.6 is 0 Å². The molecular formula is C20H29BN2O3. The minimum Gasteiger partial charge on any atom is -0.400 e. The molecule has 1 aromatic carbocycles. The summed E-state index contributed by atoms with van der Waals surface area (Å²) in [7, 11) is -0.460. The fraction of sp³-hybridized carbons (Fsp3) is 0.550.